The number of methoxy groups -OCH3 is 1. The highest BCUT2D eigenvalue weighted by Crippen LogP contribution is 2.33. The number of halogens is 2. The molecule has 32 heavy (non-hydrogen) atoms. The van der Waals surface area contributed by atoms with Gasteiger partial charge < -0.3 is 14.6 Å². The number of aromatic nitrogens is 1. The molecule has 0 radical (unpaired) electrons. The Labute approximate surface area is 201 Å². The van der Waals surface area contributed by atoms with Crippen molar-refractivity contribution < 1.29 is 9.53 Å². The van der Waals surface area contributed by atoms with E-state index in [9.17, 15) is 4.79 Å². The molecule has 0 aliphatic heterocycles. The summed E-state index contributed by atoms with van der Waals surface area (Å²) in [4.78, 5) is 13.6. The lowest BCUT2D eigenvalue weighted by Crippen LogP contribution is -2.27. The number of nitrogens with one attached hydrogen (secondary N) is 1. The van der Waals surface area contributed by atoms with E-state index >= 15 is 0 Å². The Morgan fingerprint density at radius 2 is 1.81 bits per heavy atom. The van der Waals surface area contributed by atoms with Crippen LogP contribution in [0, 0.1) is 0 Å². The fraction of sp³-hybridized carbons (Fsp3) is 0.160. The highest BCUT2D eigenvalue weighted by molar-refractivity contribution is 7.98. The number of para-hydroxylation sites is 1. The van der Waals surface area contributed by atoms with E-state index in [1.54, 1.807) is 43.1 Å². The largest absolute Gasteiger partial charge is 0.497 e. The van der Waals surface area contributed by atoms with Gasteiger partial charge in [0.25, 0.3) is 5.91 Å². The van der Waals surface area contributed by atoms with E-state index in [2.05, 4.69) is 28.2 Å². The molecule has 1 aromatic heterocycles. The summed E-state index contributed by atoms with van der Waals surface area (Å²) in [5, 5.41) is 5.32. The number of benzene rings is 3. The number of fused-ring (bicyclic) bond motifs is 1. The summed E-state index contributed by atoms with van der Waals surface area (Å²) in [5.41, 5.74) is 2.87. The van der Waals surface area contributed by atoms with Crippen LogP contribution in [0.4, 0.5) is 0 Å². The zero-order chi connectivity index (χ0) is 22.5. The van der Waals surface area contributed by atoms with E-state index in [4.69, 9.17) is 27.9 Å². The van der Waals surface area contributed by atoms with E-state index in [-0.39, 0.29) is 5.91 Å². The van der Waals surface area contributed by atoms with Crippen LogP contribution in [0.15, 0.2) is 77.8 Å². The van der Waals surface area contributed by atoms with Gasteiger partial charge in [-0.05, 0) is 48.0 Å². The number of hydrogen-bond donors (Lipinski definition) is 1. The van der Waals surface area contributed by atoms with Crippen molar-refractivity contribution in [2.24, 2.45) is 0 Å². The van der Waals surface area contributed by atoms with Crippen LogP contribution in [-0.4, -0.2) is 24.1 Å². The fourth-order valence-electron chi connectivity index (χ4n) is 3.44. The minimum absolute atomic E-state index is 0.0988. The third-order valence-corrected chi connectivity index (χ3v) is 6.97. The minimum Gasteiger partial charge on any atom is -0.497 e. The average molecular weight is 485 g/mol. The standard InChI is InChI=1S/C25H22Cl2N2O2S/c1-31-19-9-7-18(8-10-19)25(30)28-12-13-29-15-24(20-4-2-3-5-23(20)29)32-16-17-6-11-21(26)22(27)14-17/h2-11,14-15H,12-13,16H2,1H3,(H,28,30). The van der Waals surface area contributed by atoms with E-state index < -0.39 is 0 Å². The van der Waals surface area contributed by atoms with Crippen LogP contribution in [-0.2, 0) is 12.3 Å². The van der Waals surface area contributed by atoms with Crippen molar-refractivity contribution in [2.75, 3.05) is 13.7 Å². The van der Waals surface area contributed by atoms with Crippen molar-refractivity contribution in [3.05, 3.63) is 94.1 Å². The average Bonchev–Trinajstić information content (AvgIpc) is 3.17. The number of nitrogens with zero attached hydrogens (tertiary/aromatic N) is 1. The van der Waals surface area contributed by atoms with E-state index in [0.717, 1.165) is 22.6 Å². The normalized spacial score (nSPS) is 11.0. The highest BCUT2D eigenvalue weighted by Gasteiger charge is 2.11. The maximum atomic E-state index is 12.4. The second-order valence-electron chi connectivity index (χ2n) is 7.23. The van der Waals surface area contributed by atoms with Crippen LogP contribution in [0.5, 0.6) is 5.75 Å². The van der Waals surface area contributed by atoms with Crippen molar-refractivity contribution in [1.29, 1.82) is 0 Å². The van der Waals surface area contributed by atoms with Crippen molar-refractivity contribution in [2.45, 2.75) is 17.2 Å². The van der Waals surface area contributed by atoms with Gasteiger partial charge in [0.15, 0.2) is 0 Å². The minimum atomic E-state index is -0.0988. The molecular formula is C25H22Cl2N2O2S. The molecule has 4 rings (SSSR count). The van der Waals surface area contributed by atoms with Gasteiger partial charge in [-0.25, -0.2) is 0 Å². The molecule has 1 amide bonds. The molecule has 164 valence electrons. The summed E-state index contributed by atoms with van der Waals surface area (Å²) < 4.78 is 7.32. The first-order valence-electron chi connectivity index (χ1n) is 10.1. The molecule has 0 aliphatic carbocycles. The number of ether oxygens (including phenoxy) is 1. The maximum absolute atomic E-state index is 12.4. The first kappa shape index (κ1) is 22.6. The Kier molecular flexibility index (Phi) is 7.30. The third kappa shape index (κ3) is 5.23. The predicted molar refractivity (Wildman–Crippen MR) is 133 cm³/mol. The molecule has 4 nitrogen and oxygen atoms in total. The van der Waals surface area contributed by atoms with Crippen LogP contribution in [0.1, 0.15) is 15.9 Å². The zero-order valence-corrected chi connectivity index (χ0v) is 19.8. The number of amides is 1. The summed E-state index contributed by atoms with van der Waals surface area (Å²) in [6.07, 6.45) is 2.15. The second kappa shape index (κ2) is 10.3. The molecule has 3 aromatic carbocycles. The summed E-state index contributed by atoms with van der Waals surface area (Å²) in [7, 11) is 1.60. The summed E-state index contributed by atoms with van der Waals surface area (Å²) >= 11 is 13.9. The van der Waals surface area contributed by atoms with E-state index in [0.29, 0.717) is 28.7 Å². The van der Waals surface area contributed by atoms with Gasteiger partial charge in [-0.2, -0.15) is 0 Å². The molecule has 0 aliphatic rings. The topological polar surface area (TPSA) is 43.3 Å². The fourth-order valence-corrected chi connectivity index (χ4v) is 4.79. The van der Waals surface area contributed by atoms with Crippen LogP contribution >= 0.6 is 35.0 Å². The molecule has 7 heteroatoms. The van der Waals surface area contributed by atoms with Crippen LogP contribution in [0.3, 0.4) is 0 Å². The summed E-state index contributed by atoms with van der Waals surface area (Å²) in [6, 6.07) is 21.1. The molecule has 0 bridgehead atoms. The Balaban J connectivity index is 1.42. The zero-order valence-electron chi connectivity index (χ0n) is 17.5. The number of thioether (sulfide) groups is 1. The van der Waals surface area contributed by atoms with Crippen molar-refractivity contribution in [3.8, 4) is 5.75 Å². The molecule has 0 atom stereocenters. The molecule has 1 N–H and O–H groups in total. The van der Waals surface area contributed by atoms with Crippen LogP contribution < -0.4 is 10.1 Å². The van der Waals surface area contributed by atoms with Crippen molar-refractivity contribution >= 4 is 51.8 Å². The van der Waals surface area contributed by atoms with Gasteiger partial charge >= 0.3 is 0 Å². The Hall–Kier alpha value is -2.60. The molecule has 0 fully saturated rings. The van der Waals surface area contributed by atoms with Gasteiger partial charge in [0.2, 0.25) is 0 Å². The Bertz CT molecular complexity index is 1240. The first-order chi connectivity index (χ1) is 15.5. The number of carbonyl (C=O) groups excluding carboxylic acids is 1. The lowest BCUT2D eigenvalue weighted by Gasteiger charge is -2.08. The molecule has 0 unspecified atom stereocenters. The second-order valence-corrected chi connectivity index (χ2v) is 9.06. The van der Waals surface area contributed by atoms with Gasteiger partial charge in [0.1, 0.15) is 5.75 Å². The Morgan fingerprint density at radius 1 is 1.03 bits per heavy atom. The lowest BCUT2D eigenvalue weighted by atomic mass is 10.2. The predicted octanol–water partition coefficient (Wildman–Crippen LogP) is 6.68. The first-order valence-corrected chi connectivity index (χ1v) is 11.9. The monoisotopic (exact) mass is 484 g/mol. The van der Waals surface area contributed by atoms with Crippen molar-refractivity contribution in [3.63, 3.8) is 0 Å². The third-order valence-electron chi connectivity index (χ3n) is 5.12. The SMILES string of the molecule is COc1ccc(C(=O)NCCn2cc(SCc3ccc(Cl)c(Cl)c3)c3ccccc32)cc1. The van der Waals surface area contributed by atoms with Gasteiger partial charge in [0, 0.05) is 46.4 Å². The van der Waals surface area contributed by atoms with Gasteiger partial charge in [-0.1, -0.05) is 47.5 Å². The summed E-state index contributed by atoms with van der Waals surface area (Å²) in [6.45, 7) is 1.20. The summed E-state index contributed by atoms with van der Waals surface area (Å²) in [5.74, 6) is 1.42. The molecule has 0 saturated carbocycles. The Morgan fingerprint density at radius 3 is 2.56 bits per heavy atom. The molecule has 1 heterocycles. The smallest absolute Gasteiger partial charge is 0.251 e. The quantitative estimate of drug-likeness (QED) is 0.283. The number of carbonyl (C=O) groups is 1. The maximum Gasteiger partial charge on any atom is 0.251 e. The van der Waals surface area contributed by atoms with Gasteiger partial charge in [-0.3, -0.25) is 4.79 Å². The molecule has 0 spiro atoms. The van der Waals surface area contributed by atoms with Crippen LogP contribution in [0.2, 0.25) is 10.0 Å². The van der Waals surface area contributed by atoms with Gasteiger partial charge in [-0.15, -0.1) is 11.8 Å². The number of hydrogen-bond acceptors (Lipinski definition) is 3. The van der Waals surface area contributed by atoms with E-state index in [1.165, 1.54) is 10.3 Å². The molecule has 4 aromatic rings. The van der Waals surface area contributed by atoms with Crippen LogP contribution in [0.25, 0.3) is 10.9 Å². The lowest BCUT2D eigenvalue weighted by molar-refractivity contribution is 0.0952. The van der Waals surface area contributed by atoms with Gasteiger partial charge in [0.05, 0.1) is 17.2 Å². The van der Waals surface area contributed by atoms with Crippen molar-refractivity contribution in [1.82, 2.24) is 9.88 Å². The molecular weight excluding hydrogens is 463 g/mol. The highest BCUT2D eigenvalue weighted by atomic mass is 35.5. The van der Waals surface area contributed by atoms with E-state index in [1.807, 2.05) is 30.3 Å². The molecule has 0 saturated heterocycles. The number of rotatable bonds is 8.